The number of aromatic nitrogens is 2. The van der Waals surface area contributed by atoms with Crippen molar-refractivity contribution in [3.8, 4) is 0 Å². The SMILES string of the molecule is c1cc2nc([C@H]3COCCN3)ccc2[nH]1. The highest BCUT2D eigenvalue weighted by Gasteiger charge is 2.16. The summed E-state index contributed by atoms with van der Waals surface area (Å²) >= 11 is 0. The molecule has 2 aromatic rings. The van der Waals surface area contributed by atoms with Crippen molar-refractivity contribution in [3.63, 3.8) is 0 Å². The molecule has 1 saturated heterocycles. The minimum absolute atomic E-state index is 0.234. The third-order valence-corrected chi connectivity index (χ3v) is 2.70. The first-order valence-corrected chi connectivity index (χ1v) is 5.19. The molecule has 78 valence electrons. The topological polar surface area (TPSA) is 49.9 Å². The average molecular weight is 203 g/mol. The number of nitrogens with zero attached hydrogens (tertiary/aromatic N) is 1. The van der Waals surface area contributed by atoms with E-state index in [2.05, 4.69) is 21.4 Å². The van der Waals surface area contributed by atoms with Crippen LogP contribution in [0.3, 0.4) is 0 Å². The highest BCUT2D eigenvalue weighted by atomic mass is 16.5. The van der Waals surface area contributed by atoms with Crippen LogP contribution >= 0.6 is 0 Å². The van der Waals surface area contributed by atoms with E-state index < -0.39 is 0 Å². The fourth-order valence-electron chi connectivity index (χ4n) is 1.90. The van der Waals surface area contributed by atoms with Crippen LogP contribution in [0.4, 0.5) is 0 Å². The predicted octanol–water partition coefficient (Wildman–Crippen LogP) is 1.22. The highest BCUT2D eigenvalue weighted by Crippen LogP contribution is 2.17. The number of hydrogen-bond acceptors (Lipinski definition) is 3. The summed E-state index contributed by atoms with van der Waals surface area (Å²) in [4.78, 5) is 7.72. The molecular weight excluding hydrogens is 190 g/mol. The van der Waals surface area contributed by atoms with Crippen LogP contribution < -0.4 is 5.32 Å². The molecule has 3 rings (SSSR count). The summed E-state index contributed by atoms with van der Waals surface area (Å²) in [7, 11) is 0. The summed E-state index contributed by atoms with van der Waals surface area (Å²) in [6.45, 7) is 2.41. The molecule has 3 heterocycles. The van der Waals surface area contributed by atoms with Crippen LogP contribution in [-0.4, -0.2) is 29.7 Å². The first-order chi connectivity index (χ1) is 7.43. The zero-order valence-corrected chi connectivity index (χ0v) is 8.36. The van der Waals surface area contributed by atoms with Crippen LogP contribution in [0.2, 0.25) is 0 Å². The molecule has 0 aliphatic carbocycles. The molecule has 1 fully saturated rings. The normalized spacial score (nSPS) is 22.0. The van der Waals surface area contributed by atoms with Gasteiger partial charge in [0.05, 0.1) is 36.0 Å². The van der Waals surface area contributed by atoms with Gasteiger partial charge in [0.1, 0.15) is 0 Å². The Morgan fingerprint density at radius 2 is 2.33 bits per heavy atom. The zero-order valence-electron chi connectivity index (χ0n) is 8.36. The van der Waals surface area contributed by atoms with E-state index in [4.69, 9.17) is 4.74 Å². The van der Waals surface area contributed by atoms with Gasteiger partial charge in [0.15, 0.2) is 0 Å². The van der Waals surface area contributed by atoms with Gasteiger partial charge in [-0.05, 0) is 18.2 Å². The molecule has 0 radical (unpaired) electrons. The van der Waals surface area contributed by atoms with Gasteiger partial charge in [-0.2, -0.15) is 0 Å². The molecule has 4 nitrogen and oxygen atoms in total. The van der Waals surface area contributed by atoms with Gasteiger partial charge in [-0.25, -0.2) is 4.98 Å². The molecule has 1 aliphatic heterocycles. The molecule has 1 atom stereocenters. The molecule has 15 heavy (non-hydrogen) atoms. The smallest absolute Gasteiger partial charge is 0.0882 e. The minimum atomic E-state index is 0.234. The fourth-order valence-corrected chi connectivity index (χ4v) is 1.90. The van der Waals surface area contributed by atoms with Gasteiger partial charge in [-0.15, -0.1) is 0 Å². The Labute approximate surface area is 87.7 Å². The van der Waals surface area contributed by atoms with E-state index in [0.29, 0.717) is 6.61 Å². The van der Waals surface area contributed by atoms with Crippen molar-refractivity contribution in [1.29, 1.82) is 0 Å². The summed E-state index contributed by atoms with van der Waals surface area (Å²) in [5.74, 6) is 0. The standard InChI is InChI=1S/C11H13N3O/c1-2-9(11-7-15-6-5-13-11)14-10-3-4-12-8(1)10/h1-4,11-13H,5-7H2/t11-/m1/s1. The Balaban J connectivity index is 1.95. The third-order valence-electron chi connectivity index (χ3n) is 2.70. The van der Waals surface area contributed by atoms with Gasteiger partial charge >= 0.3 is 0 Å². The molecular formula is C11H13N3O. The van der Waals surface area contributed by atoms with Gasteiger partial charge in [-0.3, -0.25) is 0 Å². The zero-order chi connectivity index (χ0) is 10.1. The van der Waals surface area contributed by atoms with E-state index in [-0.39, 0.29) is 6.04 Å². The van der Waals surface area contributed by atoms with E-state index in [1.54, 1.807) is 0 Å². The monoisotopic (exact) mass is 203 g/mol. The maximum Gasteiger partial charge on any atom is 0.0882 e. The summed E-state index contributed by atoms with van der Waals surface area (Å²) in [6, 6.07) is 6.33. The Kier molecular flexibility index (Phi) is 2.16. The highest BCUT2D eigenvalue weighted by molar-refractivity contribution is 5.74. The number of hydrogen-bond donors (Lipinski definition) is 2. The predicted molar refractivity (Wildman–Crippen MR) is 57.7 cm³/mol. The Morgan fingerprint density at radius 3 is 3.20 bits per heavy atom. The second-order valence-corrected chi connectivity index (χ2v) is 3.73. The van der Waals surface area contributed by atoms with Crippen molar-refractivity contribution >= 4 is 11.0 Å². The second-order valence-electron chi connectivity index (χ2n) is 3.73. The summed E-state index contributed by atoms with van der Waals surface area (Å²) < 4.78 is 5.42. The second kappa shape index (κ2) is 3.64. The van der Waals surface area contributed by atoms with E-state index in [0.717, 1.165) is 29.9 Å². The maximum absolute atomic E-state index is 5.42. The van der Waals surface area contributed by atoms with Gasteiger partial charge in [0, 0.05) is 12.7 Å². The van der Waals surface area contributed by atoms with Gasteiger partial charge < -0.3 is 15.0 Å². The number of ether oxygens (including phenoxy) is 1. The molecule has 2 aromatic heterocycles. The van der Waals surface area contributed by atoms with Crippen LogP contribution in [0.15, 0.2) is 24.4 Å². The van der Waals surface area contributed by atoms with Crippen LogP contribution in [0.5, 0.6) is 0 Å². The lowest BCUT2D eigenvalue weighted by Gasteiger charge is -2.23. The molecule has 4 heteroatoms. The molecule has 0 saturated carbocycles. The Hall–Kier alpha value is -1.39. The number of nitrogens with one attached hydrogen (secondary N) is 2. The lowest BCUT2D eigenvalue weighted by atomic mass is 10.1. The lowest BCUT2D eigenvalue weighted by Crippen LogP contribution is -2.35. The minimum Gasteiger partial charge on any atom is -0.378 e. The van der Waals surface area contributed by atoms with Crippen molar-refractivity contribution < 1.29 is 4.74 Å². The van der Waals surface area contributed by atoms with Crippen LogP contribution in [0, 0.1) is 0 Å². The molecule has 0 spiro atoms. The molecule has 0 unspecified atom stereocenters. The number of pyridine rings is 1. The Bertz CT molecular complexity index is 460. The number of H-pyrrole nitrogens is 1. The van der Waals surface area contributed by atoms with E-state index in [1.807, 2.05) is 18.3 Å². The van der Waals surface area contributed by atoms with E-state index in [1.165, 1.54) is 0 Å². The van der Waals surface area contributed by atoms with Crippen LogP contribution in [0.25, 0.3) is 11.0 Å². The van der Waals surface area contributed by atoms with Gasteiger partial charge in [-0.1, -0.05) is 0 Å². The first kappa shape index (κ1) is 8.88. The number of fused-ring (bicyclic) bond motifs is 1. The van der Waals surface area contributed by atoms with Crippen LogP contribution in [-0.2, 0) is 4.74 Å². The van der Waals surface area contributed by atoms with Crippen molar-refractivity contribution in [2.75, 3.05) is 19.8 Å². The van der Waals surface area contributed by atoms with Crippen molar-refractivity contribution in [1.82, 2.24) is 15.3 Å². The number of aromatic amines is 1. The molecule has 0 amide bonds. The number of rotatable bonds is 1. The summed E-state index contributed by atoms with van der Waals surface area (Å²) in [5, 5.41) is 3.39. The summed E-state index contributed by atoms with van der Waals surface area (Å²) in [6.07, 6.45) is 1.91. The maximum atomic E-state index is 5.42. The Morgan fingerprint density at radius 1 is 1.33 bits per heavy atom. The van der Waals surface area contributed by atoms with E-state index in [9.17, 15) is 0 Å². The van der Waals surface area contributed by atoms with E-state index >= 15 is 0 Å². The van der Waals surface area contributed by atoms with Gasteiger partial charge in [0.25, 0.3) is 0 Å². The molecule has 0 bridgehead atoms. The van der Waals surface area contributed by atoms with Crippen molar-refractivity contribution in [3.05, 3.63) is 30.1 Å². The quantitative estimate of drug-likeness (QED) is 0.732. The molecule has 2 N–H and O–H groups in total. The fraction of sp³-hybridized carbons (Fsp3) is 0.364. The summed E-state index contributed by atoms with van der Waals surface area (Å²) in [5.41, 5.74) is 3.15. The number of morpholine rings is 1. The van der Waals surface area contributed by atoms with Gasteiger partial charge in [0.2, 0.25) is 0 Å². The van der Waals surface area contributed by atoms with Crippen molar-refractivity contribution in [2.24, 2.45) is 0 Å². The van der Waals surface area contributed by atoms with Crippen molar-refractivity contribution in [2.45, 2.75) is 6.04 Å². The third kappa shape index (κ3) is 1.62. The first-order valence-electron chi connectivity index (χ1n) is 5.19. The average Bonchev–Trinajstić information content (AvgIpc) is 2.77. The molecule has 0 aromatic carbocycles. The largest absolute Gasteiger partial charge is 0.378 e. The molecule has 1 aliphatic rings. The lowest BCUT2D eigenvalue weighted by molar-refractivity contribution is 0.0757. The van der Waals surface area contributed by atoms with Crippen LogP contribution in [0.1, 0.15) is 11.7 Å².